The van der Waals surface area contributed by atoms with Gasteiger partial charge in [-0.25, -0.2) is 0 Å². The molecule has 0 bridgehead atoms. The van der Waals surface area contributed by atoms with Gasteiger partial charge in [0, 0.05) is 52.0 Å². The van der Waals surface area contributed by atoms with Crippen LogP contribution < -0.4 is 10.6 Å². The molecule has 1 saturated heterocycles. The van der Waals surface area contributed by atoms with Crippen LogP contribution in [-0.2, 0) is 22.6 Å². The van der Waals surface area contributed by atoms with Crippen molar-refractivity contribution >= 4 is 5.96 Å². The van der Waals surface area contributed by atoms with E-state index in [-0.39, 0.29) is 0 Å². The van der Waals surface area contributed by atoms with Gasteiger partial charge in [0.25, 0.3) is 0 Å². The molecule has 0 radical (unpaired) electrons. The Kier molecular flexibility index (Phi) is 10.5. The summed E-state index contributed by atoms with van der Waals surface area (Å²) in [6.07, 6.45) is 2.34. The molecule has 1 aromatic rings. The van der Waals surface area contributed by atoms with E-state index >= 15 is 0 Å². The highest BCUT2D eigenvalue weighted by molar-refractivity contribution is 5.79. The van der Waals surface area contributed by atoms with E-state index in [2.05, 4.69) is 72.5 Å². The zero-order chi connectivity index (χ0) is 21.1. The van der Waals surface area contributed by atoms with Crippen molar-refractivity contribution in [2.45, 2.75) is 71.9 Å². The SMILES string of the molecule is CN=C(NCCN(C(C)C)C(C)C)NCc1ccc(COC2CCOCC2)cc1. The van der Waals surface area contributed by atoms with E-state index in [4.69, 9.17) is 9.47 Å². The number of nitrogens with one attached hydrogen (secondary N) is 2. The summed E-state index contributed by atoms with van der Waals surface area (Å²) in [6.45, 7) is 13.9. The van der Waals surface area contributed by atoms with E-state index in [0.717, 1.165) is 51.6 Å². The van der Waals surface area contributed by atoms with Gasteiger partial charge in [-0.15, -0.1) is 0 Å². The van der Waals surface area contributed by atoms with Crippen LogP contribution in [0.4, 0.5) is 0 Å². The maximum atomic E-state index is 5.99. The van der Waals surface area contributed by atoms with Crippen LogP contribution in [0.2, 0.25) is 0 Å². The number of benzene rings is 1. The number of ether oxygens (including phenoxy) is 2. The summed E-state index contributed by atoms with van der Waals surface area (Å²) in [6, 6.07) is 9.69. The summed E-state index contributed by atoms with van der Waals surface area (Å²) >= 11 is 0. The Labute approximate surface area is 177 Å². The Morgan fingerprint density at radius 1 is 1.07 bits per heavy atom. The van der Waals surface area contributed by atoms with E-state index in [9.17, 15) is 0 Å². The first-order valence-corrected chi connectivity index (χ1v) is 11.0. The lowest BCUT2D eigenvalue weighted by Crippen LogP contribution is -2.45. The number of hydrogen-bond donors (Lipinski definition) is 2. The van der Waals surface area contributed by atoms with Crippen molar-refractivity contribution in [3.05, 3.63) is 35.4 Å². The monoisotopic (exact) mass is 404 g/mol. The van der Waals surface area contributed by atoms with Crippen molar-refractivity contribution in [2.75, 3.05) is 33.4 Å². The Bertz CT molecular complexity index is 587. The predicted molar refractivity (Wildman–Crippen MR) is 120 cm³/mol. The normalized spacial score (nSPS) is 16.1. The summed E-state index contributed by atoms with van der Waals surface area (Å²) in [5.41, 5.74) is 2.44. The van der Waals surface area contributed by atoms with Crippen LogP contribution in [0.1, 0.15) is 51.7 Å². The van der Waals surface area contributed by atoms with Crippen molar-refractivity contribution in [3.63, 3.8) is 0 Å². The molecule has 1 aromatic carbocycles. The molecule has 164 valence electrons. The fourth-order valence-electron chi connectivity index (χ4n) is 3.63. The lowest BCUT2D eigenvalue weighted by molar-refractivity contribution is -0.0390. The van der Waals surface area contributed by atoms with Crippen molar-refractivity contribution in [1.29, 1.82) is 0 Å². The summed E-state index contributed by atoms with van der Waals surface area (Å²) < 4.78 is 11.4. The molecule has 0 aliphatic carbocycles. The highest BCUT2D eigenvalue weighted by atomic mass is 16.5. The van der Waals surface area contributed by atoms with Crippen LogP contribution in [0.3, 0.4) is 0 Å². The van der Waals surface area contributed by atoms with Crippen LogP contribution in [0.5, 0.6) is 0 Å². The van der Waals surface area contributed by atoms with E-state index in [1.165, 1.54) is 11.1 Å². The second kappa shape index (κ2) is 12.8. The number of rotatable bonds is 10. The number of nitrogens with zero attached hydrogens (tertiary/aromatic N) is 2. The molecule has 0 spiro atoms. The molecule has 0 amide bonds. The van der Waals surface area contributed by atoms with Gasteiger partial charge in [-0.05, 0) is 51.7 Å². The summed E-state index contributed by atoms with van der Waals surface area (Å²) in [7, 11) is 1.81. The number of hydrogen-bond acceptors (Lipinski definition) is 4. The minimum Gasteiger partial charge on any atom is -0.381 e. The average Bonchev–Trinajstić information content (AvgIpc) is 2.72. The maximum absolute atomic E-state index is 5.99. The van der Waals surface area contributed by atoms with Gasteiger partial charge in [-0.3, -0.25) is 9.89 Å². The molecule has 0 atom stereocenters. The number of guanidine groups is 1. The molecule has 0 unspecified atom stereocenters. The molecule has 1 fully saturated rings. The average molecular weight is 405 g/mol. The van der Waals surface area contributed by atoms with Crippen molar-refractivity contribution < 1.29 is 9.47 Å². The van der Waals surface area contributed by atoms with Crippen molar-refractivity contribution in [2.24, 2.45) is 4.99 Å². The molecule has 2 rings (SSSR count). The first kappa shape index (κ1) is 23.6. The van der Waals surface area contributed by atoms with Gasteiger partial charge in [0.2, 0.25) is 0 Å². The molecule has 6 nitrogen and oxygen atoms in total. The fraction of sp³-hybridized carbons (Fsp3) is 0.696. The lowest BCUT2D eigenvalue weighted by Gasteiger charge is -2.30. The van der Waals surface area contributed by atoms with Crippen molar-refractivity contribution in [3.8, 4) is 0 Å². The Hall–Kier alpha value is -1.63. The van der Waals surface area contributed by atoms with Gasteiger partial charge in [0.05, 0.1) is 12.7 Å². The van der Waals surface area contributed by atoms with Crippen LogP contribution in [0, 0.1) is 0 Å². The molecule has 29 heavy (non-hydrogen) atoms. The van der Waals surface area contributed by atoms with Crippen LogP contribution in [-0.4, -0.2) is 62.4 Å². The first-order valence-electron chi connectivity index (χ1n) is 11.0. The number of aliphatic imine (C=N–C) groups is 1. The van der Waals surface area contributed by atoms with Gasteiger partial charge in [-0.1, -0.05) is 24.3 Å². The molecule has 0 aromatic heterocycles. The molecule has 1 heterocycles. The molecule has 1 aliphatic rings. The molecule has 0 saturated carbocycles. The second-order valence-corrected chi connectivity index (χ2v) is 8.22. The maximum Gasteiger partial charge on any atom is 0.191 e. The molecule has 6 heteroatoms. The summed E-state index contributed by atoms with van der Waals surface area (Å²) in [5.74, 6) is 0.837. The summed E-state index contributed by atoms with van der Waals surface area (Å²) in [4.78, 5) is 6.81. The quantitative estimate of drug-likeness (QED) is 0.463. The van der Waals surface area contributed by atoms with Gasteiger partial charge in [-0.2, -0.15) is 0 Å². The van der Waals surface area contributed by atoms with E-state index in [0.29, 0.717) is 24.8 Å². The second-order valence-electron chi connectivity index (χ2n) is 8.22. The zero-order valence-corrected chi connectivity index (χ0v) is 18.9. The van der Waals surface area contributed by atoms with Gasteiger partial charge in [0.15, 0.2) is 5.96 Å². The third-order valence-corrected chi connectivity index (χ3v) is 5.35. The first-order chi connectivity index (χ1) is 14.0. The third kappa shape index (κ3) is 8.72. The largest absolute Gasteiger partial charge is 0.381 e. The third-order valence-electron chi connectivity index (χ3n) is 5.35. The lowest BCUT2D eigenvalue weighted by atomic mass is 10.1. The highest BCUT2D eigenvalue weighted by Crippen LogP contribution is 2.14. The van der Waals surface area contributed by atoms with E-state index in [1.807, 2.05) is 7.05 Å². The Balaban J connectivity index is 1.70. The molecule has 2 N–H and O–H groups in total. The molecular formula is C23H40N4O2. The van der Waals surface area contributed by atoms with Crippen LogP contribution in [0.25, 0.3) is 0 Å². The topological polar surface area (TPSA) is 58.1 Å². The Morgan fingerprint density at radius 3 is 2.28 bits per heavy atom. The van der Waals surface area contributed by atoms with Crippen LogP contribution >= 0.6 is 0 Å². The van der Waals surface area contributed by atoms with E-state index in [1.54, 1.807) is 0 Å². The van der Waals surface area contributed by atoms with Gasteiger partial charge >= 0.3 is 0 Å². The standard InChI is InChI=1S/C23H40N4O2/c1-18(2)27(19(3)4)13-12-25-23(24-5)26-16-20-6-8-21(9-7-20)17-29-22-10-14-28-15-11-22/h6-9,18-19,22H,10-17H2,1-5H3,(H2,24,25,26). The van der Waals surface area contributed by atoms with E-state index < -0.39 is 0 Å². The highest BCUT2D eigenvalue weighted by Gasteiger charge is 2.14. The minimum absolute atomic E-state index is 0.335. The molecular weight excluding hydrogens is 364 g/mol. The van der Waals surface area contributed by atoms with Gasteiger partial charge < -0.3 is 20.1 Å². The predicted octanol–water partition coefficient (Wildman–Crippen LogP) is 3.17. The molecule has 1 aliphatic heterocycles. The smallest absolute Gasteiger partial charge is 0.191 e. The van der Waals surface area contributed by atoms with Gasteiger partial charge in [0.1, 0.15) is 0 Å². The minimum atomic E-state index is 0.335. The zero-order valence-electron chi connectivity index (χ0n) is 18.9. The Morgan fingerprint density at radius 2 is 1.69 bits per heavy atom. The summed E-state index contributed by atoms with van der Waals surface area (Å²) in [5, 5.41) is 6.81. The van der Waals surface area contributed by atoms with Crippen LogP contribution in [0.15, 0.2) is 29.3 Å². The fourth-order valence-corrected chi connectivity index (χ4v) is 3.63. The van der Waals surface area contributed by atoms with Crippen molar-refractivity contribution in [1.82, 2.24) is 15.5 Å².